The first kappa shape index (κ1) is 20.3. The van der Waals surface area contributed by atoms with Gasteiger partial charge < -0.3 is 15.0 Å². The molecular weight excluding hydrogens is 378 g/mol. The Kier molecular flexibility index (Phi) is 5.72. The average molecular weight is 408 g/mol. The van der Waals surface area contributed by atoms with Crippen LogP contribution < -0.4 is 0 Å². The Bertz CT molecular complexity index is 1010. The molecule has 1 amide bonds. The number of aromatic amines is 1. The lowest BCUT2D eigenvalue weighted by molar-refractivity contribution is -0.136. The molecule has 1 aliphatic rings. The smallest absolute Gasteiger partial charge is 0.226 e. The predicted molar refractivity (Wildman–Crippen MR) is 115 cm³/mol. The van der Waals surface area contributed by atoms with E-state index >= 15 is 0 Å². The molecule has 4 rings (SSSR count). The van der Waals surface area contributed by atoms with E-state index in [2.05, 4.69) is 46.3 Å². The van der Waals surface area contributed by atoms with Crippen molar-refractivity contribution in [2.45, 2.75) is 52.3 Å². The van der Waals surface area contributed by atoms with Crippen molar-refractivity contribution in [3.05, 3.63) is 48.5 Å². The zero-order chi connectivity index (χ0) is 21.3. The number of benzene rings is 1. The van der Waals surface area contributed by atoms with Crippen LogP contribution in [0.2, 0.25) is 0 Å². The number of aliphatic hydroxyl groups is 1. The van der Waals surface area contributed by atoms with Crippen LogP contribution >= 0.6 is 0 Å². The molecule has 3 aromatic rings. The first-order valence-corrected chi connectivity index (χ1v) is 10.7. The number of rotatable bonds is 6. The van der Waals surface area contributed by atoms with Gasteiger partial charge in [-0.05, 0) is 30.5 Å². The standard InChI is InChI=1S/C23H29N5O2/c1-4-15(3)23(30)27-14-18(29)12-21(27)22-24-13-19(26-22)16-6-8-17(9-7-16)20-10-11-25-28(20)5-2/h6-11,13,15,18,21,29H,4-5,12,14H2,1-3H3,(H,24,26). The number of carbonyl (C=O) groups excluding carboxylic acids is 1. The maximum Gasteiger partial charge on any atom is 0.226 e. The Morgan fingerprint density at radius 2 is 1.97 bits per heavy atom. The molecule has 7 nitrogen and oxygen atoms in total. The lowest BCUT2D eigenvalue weighted by atomic mass is 10.1. The normalized spacial score (nSPS) is 19.9. The number of aromatic nitrogens is 4. The molecule has 3 unspecified atom stereocenters. The number of aryl methyl sites for hydroxylation is 1. The molecule has 3 atom stereocenters. The van der Waals surface area contributed by atoms with Gasteiger partial charge in [-0.25, -0.2) is 4.98 Å². The topological polar surface area (TPSA) is 87.0 Å². The van der Waals surface area contributed by atoms with E-state index in [1.165, 1.54) is 0 Å². The van der Waals surface area contributed by atoms with Crippen LogP contribution in [-0.4, -0.2) is 48.3 Å². The summed E-state index contributed by atoms with van der Waals surface area (Å²) in [6.45, 7) is 7.21. The predicted octanol–water partition coefficient (Wildman–Crippen LogP) is 3.64. The number of aliphatic hydroxyl groups excluding tert-OH is 1. The molecule has 1 aliphatic heterocycles. The van der Waals surface area contributed by atoms with Gasteiger partial charge in [0.25, 0.3) is 0 Å². The number of nitrogens with one attached hydrogen (secondary N) is 1. The molecule has 0 bridgehead atoms. The van der Waals surface area contributed by atoms with Gasteiger partial charge >= 0.3 is 0 Å². The second kappa shape index (κ2) is 8.44. The van der Waals surface area contributed by atoms with Crippen molar-refractivity contribution in [2.75, 3.05) is 6.54 Å². The Morgan fingerprint density at radius 1 is 1.23 bits per heavy atom. The molecule has 0 radical (unpaired) electrons. The minimum Gasteiger partial charge on any atom is -0.391 e. The fourth-order valence-electron chi connectivity index (χ4n) is 4.08. The maximum absolute atomic E-state index is 12.8. The quantitative estimate of drug-likeness (QED) is 0.653. The van der Waals surface area contributed by atoms with Gasteiger partial charge in [0.1, 0.15) is 5.82 Å². The Balaban J connectivity index is 1.56. The van der Waals surface area contributed by atoms with E-state index in [9.17, 15) is 9.90 Å². The molecule has 2 aromatic heterocycles. The highest BCUT2D eigenvalue weighted by atomic mass is 16.3. The second-order valence-corrected chi connectivity index (χ2v) is 8.00. The molecule has 2 N–H and O–H groups in total. The number of hydrogen-bond donors (Lipinski definition) is 2. The highest BCUT2D eigenvalue weighted by molar-refractivity contribution is 5.79. The maximum atomic E-state index is 12.8. The number of imidazole rings is 1. The lowest BCUT2D eigenvalue weighted by Gasteiger charge is -2.25. The van der Waals surface area contributed by atoms with Crippen molar-refractivity contribution in [3.63, 3.8) is 0 Å². The second-order valence-electron chi connectivity index (χ2n) is 8.00. The fraction of sp³-hybridized carbons (Fsp3) is 0.435. The number of amides is 1. The monoisotopic (exact) mass is 407 g/mol. The Morgan fingerprint density at radius 3 is 2.67 bits per heavy atom. The summed E-state index contributed by atoms with van der Waals surface area (Å²) in [5.41, 5.74) is 4.13. The van der Waals surface area contributed by atoms with Crippen LogP contribution in [0.15, 0.2) is 42.7 Å². The van der Waals surface area contributed by atoms with Gasteiger partial charge in [-0.15, -0.1) is 0 Å². The summed E-state index contributed by atoms with van der Waals surface area (Å²) in [6, 6.07) is 10.1. The highest BCUT2D eigenvalue weighted by Gasteiger charge is 2.38. The number of carbonyl (C=O) groups is 1. The molecular formula is C23H29N5O2. The van der Waals surface area contributed by atoms with Crippen molar-refractivity contribution < 1.29 is 9.90 Å². The van der Waals surface area contributed by atoms with Crippen molar-refractivity contribution in [1.29, 1.82) is 0 Å². The number of H-pyrrole nitrogens is 1. The van der Waals surface area contributed by atoms with E-state index in [1.54, 1.807) is 11.1 Å². The van der Waals surface area contributed by atoms with Gasteiger partial charge in [0.15, 0.2) is 0 Å². The minimum absolute atomic E-state index is 0.0589. The molecule has 7 heteroatoms. The minimum atomic E-state index is -0.515. The van der Waals surface area contributed by atoms with Crippen molar-refractivity contribution in [1.82, 2.24) is 24.6 Å². The van der Waals surface area contributed by atoms with Crippen LogP contribution in [0.25, 0.3) is 22.5 Å². The van der Waals surface area contributed by atoms with Gasteiger partial charge in [0, 0.05) is 31.6 Å². The summed E-state index contributed by atoms with van der Waals surface area (Å²) in [7, 11) is 0. The Labute approximate surface area is 176 Å². The number of β-amino-alcohol motifs (C(OH)–C–C–N with tert-alkyl or cyclic N) is 1. The summed E-state index contributed by atoms with van der Waals surface area (Å²) >= 11 is 0. The van der Waals surface area contributed by atoms with Crippen LogP contribution in [0.4, 0.5) is 0 Å². The summed E-state index contributed by atoms with van der Waals surface area (Å²) in [6.07, 6.45) is 4.40. The largest absolute Gasteiger partial charge is 0.391 e. The van der Waals surface area contributed by atoms with E-state index in [0.29, 0.717) is 13.0 Å². The number of likely N-dealkylation sites (tertiary alicyclic amines) is 1. The SMILES string of the molecule is CCC(C)C(=O)N1CC(O)CC1c1ncc(-c2ccc(-c3ccnn3CC)cc2)[nH]1. The average Bonchev–Trinajstić information content (AvgIpc) is 3.51. The third kappa shape index (κ3) is 3.77. The molecule has 0 saturated carbocycles. The van der Waals surface area contributed by atoms with Gasteiger partial charge in [0.05, 0.1) is 29.7 Å². The first-order chi connectivity index (χ1) is 14.5. The molecule has 3 heterocycles. The van der Waals surface area contributed by atoms with Gasteiger partial charge in [-0.1, -0.05) is 38.1 Å². The molecule has 1 saturated heterocycles. The van der Waals surface area contributed by atoms with Crippen LogP contribution in [0.1, 0.15) is 45.5 Å². The molecule has 0 spiro atoms. The Hall–Kier alpha value is -2.93. The fourth-order valence-corrected chi connectivity index (χ4v) is 4.08. The van der Waals surface area contributed by atoms with Crippen molar-refractivity contribution in [2.24, 2.45) is 5.92 Å². The third-order valence-electron chi connectivity index (χ3n) is 6.01. The number of nitrogens with zero attached hydrogens (tertiary/aromatic N) is 4. The van der Waals surface area contributed by atoms with Crippen LogP contribution in [0.3, 0.4) is 0 Å². The first-order valence-electron chi connectivity index (χ1n) is 10.7. The zero-order valence-corrected chi connectivity index (χ0v) is 17.7. The summed E-state index contributed by atoms with van der Waals surface area (Å²) in [4.78, 5) is 22.5. The summed E-state index contributed by atoms with van der Waals surface area (Å²) in [5, 5.41) is 14.5. The molecule has 1 aromatic carbocycles. The van der Waals surface area contributed by atoms with E-state index in [0.717, 1.165) is 41.3 Å². The molecule has 30 heavy (non-hydrogen) atoms. The summed E-state index contributed by atoms with van der Waals surface area (Å²) in [5.74, 6) is 0.747. The van der Waals surface area contributed by atoms with E-state index in [1.807, 2.05) is 30.8 Å². The van der Waals surface area contributed by atoms with E-state index in [-0.39, 0.29) is 17.9 Å². The van der Waals surface area contributed by atoms with Crippen molar-refractivity contribution in [3.8, 4) is 22.5 Å². The zero-order valence-electron chi connectivity index (χ0n) is 17.7. The van der Waals surface area contributed by atoms with Crippen LogP contribution in [0, 0.1) is 5.92 Å². The number of hydrogen-bond acceptors (Lipinski definition) is 4. The van der Waals surface area contributed by atoms with Crippen LogP contribution in [0.5, 0.6) is 0 Å². The van der Waals surface area contributed by atoms with Gasteiger partial charge in [0.2, 0.25) is 5.91 Å². The van der Waals surface area contributed by atoms with Crippen LogP contribution in [-0.2, 0) is 11.3 Å². The van der Waals surface area contributed by atoms with Crippen molar-refractivity contribution >= 4 is 5.91 Å². The third-order valence-corrected chi connectivity index (χ3v) is 6.01. The van der Waals surface area contributed by atoms with Gasteiger partial charge in [-0.3, -0.25) is 9.48 Å². The summed E-state index contributed by atoms with van der Waals surface area (Å²) < 4.78 is 1.97. The lowest BCUT2D eigenvalue weighted by Crippen LogP contribution is -2.35. The molecule has 0 aliphatic carbocycles. The molecule has 158 valence electrons. The molecule has 1 fully saturated rings. The van der Waals surface area contributed by atoms with E-state index < -0.39 is 6.10 Å². The van der Waals surface area contributed by atoms with Gasteiger partial charge in [-0.2, -0.15) is 5.10 Å². The highest BCUT2D eigenvalue weighted by Crippen LogP contribution is 2.33. The van der Waals surface area contributed by atoms with E-state index in [4.69, 9.17) is 0 Å².